The molecule has 1 amide bonds. The first-order chi connectivity index (χ1) is 13.0. The van der Waals surface area contributed by atoms with Crippen LogP contribution in [0.25, 0.3) is 0 Å². The standard InChI is InChI=1S/C20H38N6O.HI/c1-5-25-10-6-7-18(25)12-21-20(22-13-19(27)24(3)4)23-16-11-15(2)26(14-16)17-8-9-17;/h15-18H,5-14H2,1-4H3,(H2,21,22,23);1H. The summed E-state index contributed by atoms with van der Waals surface area (Å²) in [7, 11) is 3.56. The Morgan fingerprint density at radius 3 is 2.64 bits per heavy atom. The van der Waals surface area contributed by atoms with Crippen molar-refractivity contribution in [2.45, 2.75) is 70.1 Å². The van der Waals surface area contributed by atoms with Crippen molar-refractivity contribution in [1.29, 1.82) is 0 Å². The molecular weight excluding hydrogens is 467 g/mol. The Balaban J connectivity index is 0.00000280. The molecule has 3 unspecified atom stereocenters. The lowest BCUT2D eigenvalue weighted by molar-refractivity contribution is -0.127. The summed E-state index contributed by atoms with van der Waals surface area (Å²) in [4.78, 5) is 23.4. The van der Waals surface area contributed by atoms with Crippen LogP contribution in [0.1, 0.15) is 46.0 Å². The maximum absolute atomic E-state index is 12.0. The first-order valence-electron chi connectivity index (χ1n) is 10.7. The predicted octanol–water partition coefficient (Wildman–Crippen LogP) is 1.34. The molecule has 2 aliphatic heterocycles. The van der Waals surface area contributed by atoms with Crippen LogP contribution in [-0.4, -0.2) is 97.6 Å². The number of likely N-dealkylation sites (N-methyl/N-ethyl adjacent to an activating group) is 2. The van der Waals surface area contributed by atoms with Crippen molar-refractivity contribution in [2.24, 2.45) is 4.99 Å². The molecule has 1 aliphatic carbocycles. The summed E-state index contributed by atoms with van der Waals surface area (Å²) in [6.45, 7) is 9.02. The van der Waals surface area contributed by atoms with Gasteiger partial charge in [-0.15, -0.1) is 24.0 Å². The zero-order chi connectivity index (χ0) is 19.4. The number of likely N-dealkylation sites (tertiary alicyclic amines) is 2. The van der Waals surface area contributed by atoms with Crippen LogP contribution in [-0.2, 0) is 4.79 Å². The number of guanidine groups is 1. The Bertz CT molecular complexity index is 539. The van der Waals surface area contributed by atoms with Crippen molar-refractivity contribution in [2.75, 3.05) is 46.8 Å². The highest BCUT2D eigenvalue weighted by Gasteiger charge is 2.39. The van der Waals surface area contributed by atoms with Gasteiger partial charge in [-0.25, -0.2) is 4.99 Å². The topological polar surface area (TPSA) is 63.2 Å². The summed E-state index contributed by atoms with van der Waals surface area (Å²) in [5, 5.41) is 7.15. The van der Waals surface area contributed by atoms with E-state index in [2.05, 4.69) is 39.3 Å². The first-order valence-corrected chi connectivity index (χ1v) is 10.7. The van der Waals surface area contributed by atoms with E-state index in [4.69, 9.17) is 0 Å². The lowest BCUT2D eigenvalue weighted by atomic mass is 10.2. The maximum Gasteiger partial charge on any atom is 0.243 e. The summed E-state index contributed by atoms with van der Waals surface area (Å²) in [6, 6.07) is 2.40. The molecule has 162 valence electrons. The molecule has 2 N–H and O–H groups in total. The Morgan fingerprint density at radius 2 is 2.00 bits per heavy atom. The van der Waals surface area contributed by atoms with Gasteiger partial charge in [-0.05, 0) is 52.1 Å². The van der Waals surface area contributed by atoms with Gasteiger partial charge in [-0.3, -0.25) is 14.6 Å². The van der Waals surface area contributed by atoms with Crippen LogP contribution in [0.5, 0.6) is 0 Å². The van der Waals surface area contributed by atoms with Crippen LogP contribution in [0.4, 0.5) is 0 Å². The number of carbonyl (C=O) groups is 1. The van der Waals surface area contributed by atoms with Crippen molar-refractivity contribution >= 4 is 35.8 Å². The minimum atomic E-state index is 0. The molecule has 0 aromatic heterocycles. The van der Waals surface area contributed by atoms with Gasteiger partial charge >= 0.3 is 0 Å². The molecule has 7 nitrogen and oxygen atoms in total. The highest BCUT2D eigenvalue weighted by Crippen LogP contribution is 2.33. The largest absolute Gasteiger partial charge is 0.355 e. The average Bonchev–Trinajstić information content (AvgIpc) is 3.27. The molecule has 3 rings (SSSR count). The fourth-order valence-corrected chi connectivity index (χ4v) is 4.47. The highest BCUT2D eigenvalue weighted by molar-refractivity contribution is 14.0. The van der Waals surface area contributed by atoms with Crippen LogP contribution >= 0.6 is 24.0 Å². The van der Waals surface area contributed by atoms with Crippen LogP contribution in [0, 0.1) is 0 Å². The third-order valence-corrected chi connectivity index (χ3v) is 6.26. The normalized spacial score (nSPS) is 28.9. The number of nitrogens with one attached hydrogen (secondary N) is 2. The number of hydrogen-bond donors (Lipinski definition) is 2. The van der Waals surface area contributed by atoms with E-state index < -0.39 is 0 Å². The van der Waals surface area contributed by atoms with Gasteiger partial charge in [-0.1, -0.05) is 6.92 Å². The number of hydrogen-bond acceptors (Lipinski definition) is 4. The fraction of sp³-hybridized carbons (Fsp3) is 0.900. The van der Waals surface area contributed by atoms with Gasteiger partial charge in [0.2, 0.25) is 5.91 Å². The van der Waals surface area contributed by atoms with Gasteiger partial charge in [0.1, 0.15) is 6.54 Å². The van der Waals surface area contributed by atoms with E-state index in [9.17, 15) is 4.79 Å². The minimum absolute atomic E-state index is 0. The molecule has 0 aromatic carbocycles. The van der Waals surface area contributed by atoms with Crippen molar-refractivity contribution in [1.82, 2.24) is 25.3 Å². The monoisotopic (exact) mass is 506 g/mol. The van der Waals surface area contributed by atoms with Gasteiger partial charge < -0.3 is 15.5 Å². The van der Waals surface area contributed by atoms with Gasteiger partial charge in [0.05, 0.1) is 0 Å². The molecule has 3 aliphatic rings. The smallest absolute Gasteiger partial charge is 0.243 e. The Kier molecular flexibility index (Phi) is 9.27. The fourth-order valence-electron chi connectivity index (χ4n) is 4.47. The number of aliphatic imine (C=N–C) groups is 1. The van der Waals surface area contributed by atoms with E-state index in [0.717, 1.165) is 38.1 Å². The van der Waals surface area contributed by atoms with Crippen molar-refractivity contribution in [3.63, 3.8) is 0 Å². The van der Waals surface area contributed by atoms with E-state index in [1.165, 1.54) is 32.2 Å². The van der Waals surface area contributed by atoms with Gasteiger partial charge in [0.25, 0.3) is 0 Å². The molecule has 8 heteroatoms. The zero-order valence-electron chi connectivity index (χ0n) is 18.0. The number of amides is 1. The van der Waals surface area contributed by atoms with E-state index in [1.807, 2.05) is 0 Å². The van der Waals surface area contributed by atoms with E-state index in [1.54, 1.807) is 19.0 Å². The number of carbonyl (C=O) groups excluding carboxylic acids is 1. The van der Waals surface area contributed by atoms with Gasteiger partial charge in [-0.2, -0.15) is 0 Å². The van der Waals surface area contributed by atoms with Crippen molar-refractivity contribution in [3.05, 3.63) is 0 Å². The summed E-state index contributed by atoms with van der Waals surface area (Å²) >= 11 is 0. The molecule has 0 aromatic rings. The van der Waals surface area contributed by atoms with Crippen LogP contribution in [0.3, 0.4) is 0 Å². The molecule has 2 saturated heterocycles. The molecule has 3 atom stereocenters. The number of rotatable bonds is 7. The zero-order valence-corrected chi connectivity index (χ0v) is 20.3. The van der Waals surface area contributed by atoms with E-state index >= 15 is 0 Å². The summed E-state index contributed by atoms with van der Waals surface area (Å²) in [6.07, 6.45) is 6.35. The molecule has 1 saturated carbocycles. The third-order valence-electron chi connectivity index (χ3n) is 6.26. The third kappa shape index (κ3) is 6.45. The second-order valence-electron chi connectivity index (χ2n) is 8.61. The minimum Gasteiger partial charge on any atom is -0.355 e. The van der Waals surface area contributed by atoms with Crippen LogP contribution in [0.15, 0.2) is 4.99 Å². The Labute approximate surface area is 187 Å². The van der Waals surface area contributed by atoms with Crippen molar-refractivity contribution < 1.29 is 4.79 Å². The SMILES string of the molecule is CCN1CCCC1CNC(=NCC(=O)N(C)C)NC1CC(C)N(C2CC2)C1.I. The number of halogens is 1. The van der Waals surface area contributed by atoms with Crippen molar-refractivity contribution in [3.8, 4) is 0 Å². The quantitative estimate of drug-likeness (QED) is 0.310. The van der Waals surface area contributed by atoms with E-state index in [0.29, 0.717) is 18.1 Å². The molecule has 0 bridgehead atoms. The maximum atomic E-state index is 12.0. The lowest BCUT2D eigenvalue weighted by Gasteiger charge is -2.25. The molecule has 0 radical (unpaired) electrons. The average molecular weight is 506 g/mol. The molecule has 28 heavy (non-hydrogen) atoms. The summed E-state index contributed by atoms with van der Waals surface area (Å²) < 4.78 is 0. The Hall–Kier alpha value is -0.610. The molecule has 2 heterocycles. The second kappa shape index (κ2) is 11.0. The highest BCUT2D eigenvalue weighted by atomic mass is 127. The summed E-state index contributed by atoms with van der Waals surface area (Å²) in [5.41, 5.74) is 0. The predicted molar refractivity (Wildman–Crippen MR) is 125 cm³/mol. The molecule has 0 spiro atoms. The lowest BCUT2D eigenvalue weighted by Crippen LogP contribution is -2.49. The molecular formula is C20H39IN6O. The number of nitrogens with zero attached hydrogens (tertiary/aromatic N) is 4. The summed E-state index contributed by atoms with van der Waals surface area (Å²) in [5.74, 6) is 0.828. The second-order valence-corrected chi connectivity index (χ2v) is 8.61. The Morgan fingerprint density at radius 1 is 1.25 bits per heavy atom. The molecule has 3 fully saturated rings. The van der Waals surface area contributed by atoms with E-state index in [-0.39, 0.29) is 36.4 Å². The van der Waals surface area contributed by atoms with Crippen LogP contribution < -0.4 is 10.6 Å². The van der Waals surface area contributed by atoms with Crippen LogP contribution in [0.2, 0.25) is 0 Å². The first kappa shape index (κ1) is 23.7. The van der Waals surface area contributed by atoms with Gasteiger partial charge in [0, 0.05) is 51.4 Å². The van der Waals surface area contributed by atoms with Gasteiger partial charge in [0.15, 0.2) is 5.96 Å².